The first-order valence-corrected chi connectivity index (χ1v) is 32.1. The van der Waals surface area contributed by atoms with E-state index in [0.717, 1.165) is 51.4 Å². The molecule has 0 rings (SSSR count). The van der Waals surface area contributed by atoms with E-state index in [1.165, 1.54) is 270 Å². The number of esters is 1. The first-order valence-electron chi connectivity index (χ1n) is 32.1. The first kappa shape index (κ1) is 69.3. The van der Waals surface area contributed by atoms with Crippen LogP contribution >= 0.6 is 0 Å². The number of allylic oxidation sites excluding steroid dienone is 4. The minimum absolute atomic E-state index is 0.00296. The Morgan fingerprint density at radius 3 is 1.11 bits per heavy atom. The Kier molecular flexibility index (Phi) is 59.5. The molecule has 3 N–H and O–H groups in total. The van der Waals surface area contributed by atoms with Gasteiger partial charge in [0, 0.05) is 12.8 Å². The molecular formula is C65H125NO5. The van der Waals surface area contributed by atoms with Gasteiger partial charge in [-0.15, -0.1) is 0 Å². The van der Waals surface area contributed by atoms with Crippen LogP contribution in [0, 0.1) is 0 Å². The van der Waals surface area contributed by atoms with Crippen LogP contribution in [0.15, 0.2) is 24.3 Å². The summed E-state index contributed by atoms with van der Waals surface area (Å²) in [6.45, 7) is 4.93. The molecule has 1 amide bonds. The summed E-state index contributed by atoms with van der Waals surface area (Å²) in [5.41, 5.74) is 0. The molecule has 0 fully saturated rings. The fourth-order valence-corrected chi connectivity index (χ4v) is 10.1. The summed E-state index contributed by atoms with van der Waals surface area (Å²) in [5, 5.41) is 23.3. The summed E-state index contributed by atoms with van der Waals surface area (Å²) in [5.74, 6) is -0.0280. The zero-order valence-electron chi connectivity index (χ0n) is 48.0. The summed E-state index contributed by atoms with van der Waals surface area (Å²) in [6, 6.07) is -0.539. The highest BCUT2D eigenvalue weighted by atomic mass is 16.5. The van der Waals surface area contributed by atoms with Crippen LogP contribution in [0.3, 0.4) is 0 Å². The Bertz CT molecular complexity index is 1110. The number of hydrogen-bond donors (Lipinski definition) is 3. The third kappa shape index (κ3) is 57.5. The van der Waals surface area contributed by atoms with Gasteiger partial charge in [0.25, 0.3) is 0 Å². The van der Waals surface area contributed by atoms with Crippen molar-refractivity contribution in [3.05, 3.63) is 24.3 Å². The van der Waals surface area contributed by atoms with Crippen molar-refractivity contribution in [3.8, 4) is 0 Å². The fraction of sp³-hybridized carbons (Fsp3) is 0.908. The maximum absolute atomic E-state index is 12.5. The van der Waals surface area contributed by atoms with Crippen LogP contribution in [0.25, 0.3) is 0 Å². The summed E-state index contributed by atoms with van der Waals surface area (Å²) in [4.78, 5) is 24.5. The van der Waals surface area contributed by atoms with Crippen molar-refractivity contribution >= 4 is 11.9 Å². The second-order valence-corrected chi connectivity index (χ2v) is 22.1. The van der Waals surface area contributed by atoms with E-state index in [0.29, 0.717) is 25.9 Å². The Hall–Kier alpha value is -1.66. The van der Waals surface area contributed by atoms with Crippen LogP contribution in [0.1, 0.15) is 354 Å². The van der Waals surface area contributed by atoms with Crippen LogP contribution in [0.4, 0.5) is 0 Å². The molecule has 0 aromatic heterocycles. The third-order valence-electron chi connectivity index (χ3n) is 15.0. The minimum atomic E-state index is -0.662. The lowest BCUT2D eigenvalue weighted by atomic mass is 10.0. The summed E-state index contributed by atoms with van der Waals surface area (Å²) < 4.78 is 5.48. The van der Waals surface area contributed by atoms with Crippen LogP contribution in [-0.2, 0) is 14.3 Å². The number of ether oxygens (including phenoxy) is 1. The topological polar surface area (TPSA) is 95.9 Å². The van der Waals surface area contributed by atoms with Gasteiger partial charge in [-0.3, -0.25) is 9.59 Å². The summed E-state index contributed by atoms with van der Waals surface area (Å²) in [6.07, 6.45) is 74.8. The maximum atomic E-state index is 12.5. The molecule has 0 aromatic rings. The van der Waals surface area contributed by atoms with Gasteiger partial charge in [0.2, 0.25) is 5.91 Å². The highest BCUT2D eigenvalue weighted by molar-refractivity contribution is 5.76. The van der Waals surface area contributed by atoms with Crippen molar-refractivity contribution in [1.29, 1.82) is 0 Å². The van der Waals surface area contributed by atoms with Crippen LogP contribution < -0.4 is 5.32 Å². The molecule has 2 atom stereocenters. The number of rotatable bonds is 60. The van der Waals surface area contributed by atoms with Gasteiger partial charge < -0.3 is 20.3 Å². The Morgan fingerprint density at radius 2 is 0.718 bits per heavy atom. The molecule has 0 saturated carbocycles. The molecule has 0 saturated heterocycles. The van der Waals surface area contributed by atoms with Crippen molar-refractivity contribution in [1.82, 2.24) is 5.32 Å². The van der Waals surface area contributed by atoms with Crippen molar-refractivity contribution < 1.29 is 24.5 Å². The van der Waals surface area contributed by atoms with E-state index in [9.17, 15) is 19.8 Å². The molecule has 6 nitrogen and oxygen atoms in total. The highest BCUT2D eigenvalue weighted by Crippen LogP contribution is 2.18. The summed E-state index contributed by atoms with van der Waals surface area (Å²) >= 11 is 0. The average Bonchev–Trinajstić information content (AvgIpc) is 3.37. The van der Waals surface area contributed by atoms with Gasteiger partial charge in [-0.25, -0.2) is 0 Å². The van der Waals surface area contributed by atoms with E-state index in [1.54, 1.807) is 0 Å². The van der Waals surface area contributed by atoms with E-state index in [2.05, 4.69) is 43.5 Å². The lowest BCUT2D eigenvalue weighted by Crippen LogP contribution is -2.45. The molecule has 0 aliphatic rings. The highest BCUT2D eigenvalue weighted by Gasteiger charge is 2.20. The molecule has 0 radical (unpaired) electrons. The van der Waals surface area contributed by atoms with E-state index < -0.39 is 12.1 Å². The molecule has 0 spiro atoms. The van der Waals surface area contributed by atoms with Crippen LogP contribution in [0.2, 0.25) is 0 Å². The van der Waals surface area contributed by atoms with E-state index >= 15 is 0 Å². The lowest BCUT2D eigenvalue weighted by Gasteiger charge is -2.22. The quantitative estimate of drug-likeness (QED) is 0.0320. The minimum Gasteiger partial charge on any atom is -0.466 e. The number of amides is 1. The van der Waals surface area contributed by atoms with Crippen molar-refractivity contribution in [2.75, 3.05) is 13.2 Å². The maximum Gasteiger partial charge on any atom is 0.305 e. The Balaban J connectivity index is 3.35. The van der Waals surface area contributed by atoms with Gasteiger partial charge in [-0.05, 0) is 51.4 Å². The van der Waals surface area contributed by atoms with Crippen molar-refractivity contribution in [2.24, 2.45) is 0 Å². The standard InChI is InChI=1S/C65H125NO5/c1-3-5-7-9-11-13-15-17-33-37-41-45-49-53-57-63(68)62(61-67)66-64(69)58-54-50-46-42-38-34-31-29-27-25-23-21-19-20-22-24-26-28-30-32-36-40-44-48-52-56-60-71-65(70)59-55-51-47-43-39-35-18-16-14-12-10-8-6-4-2/h10,12,16,18,62-63,67-68H,3-9,11,13-15,17,19-61H2,1-2H3,(H,66,69)/b12-10-,18-16-. The number of nitrogens with one attached hydrogen (secondary N) is 1. The Morgan fingerprint density at radius 1 is 0.394 bits per heavy atom. The van der Waals surface area contributed by atoms with Gasteiger partial charge in [0.05, 0.1) is 25.4 Å². The second-order valence-electron chi connectivity index (χ2n) is 22.1. The molecule has 0 aromatic carbocycles. The van der Waals surface area contributed by atoms with Gasteiger partial charge in [0.15, 0.2) is 0 Å². The molecular weight excluding hydrogens is 875 g/mol. The van der Waals surface area contributed by atoms with Gasteiger partial charge in [0.1, 0.15) is 0 Å². The van der Waals surface area contributed by atoms with Crippen LogP contribution in [0.5, 0.6) is 0 Å². The van der Waals surface area contributed by atoms with Crippen LogP contribution in [-0.4, -0.2) is 47.4 Å². The number of hydrogen-bond acceptors (Lipinski definition) is 5. The van der Waals surface area contributed by atoms with E-state index in [-0.39, 0.29) is 18.5 Å². The molecule has 0 aliphatic carbocycles. The predicted octanol–water partition coefficient (Wildman–Crippen LogP) is 20.2. The molecule has 6 heteroatoms. The van der Waals surface area contributed by atoms with Gasteiger partial charge >= 0.3 is 5.97 Å². The third-order valence-corrected chi connectivity index (χ3v) is 15.0. The van der Waals surface area contributed by atoms with Gasteiger partial charge in [-0.1, -0.05) is 314 Å². The van der Waals surface area contributed by atoms with Crippen molar-refractivity contribution in [3.63, 3.8) is 0 Å². The van der Waals surface area contributed by atoms with E-state index in [4.69, 9.17) is 4.74 Å². The second kappa shape index (κ2) is 60.9. The summed E-state index contributed by atoms with van der Waals surface area (Å²) in [7, 11) is 0. The SMILES string of the molecule is CCCC/C=C\C/C=C\CCCCCCCC(=O)OCCCCCCCCCCCCCCCCCCCCCCCCCCCCC(=O)NC(CO)C(O)CCCCCCCCCCCCCCCC. The Labute approximate surface area is 443 Å². The smallest absolute Gasteiger partial charge is 0.305 e. The number of aliphatic hydroxyl groups is 2. The molecule has 71 heavy (non-hydrogen) atoms. The fourth-order valence-electron chi connectivity index (χ4n) is 10.1. The number of carbonyl (C=O) groups is 2. The zero-order valence-corrected chi connectivity index (χ0v) is 48.0. The average molecular weight is 1000 g/mol. The molecule has 420 valence electrons. The first-order chi connectivity index (χ1) is 35.0. The molecule has 2 unspecified atom stereocenters. The number of aliphatic hydroxyl groups excluding tert-OH is 2. The normalized spacial score (nSPS) is 12.7. The van der Waals surface area contributed by atoms with Crippen molar-refractivity contribution in [2.45, 2.75) is 366 Å². The zero-order chi connectivity index (χ0) is 51.4. The van der Waals surface area contributed by atoms with E-state index in [1.807, 2.05) is 0 Å². The number of unbranched alkanes of at least 4 members (excludes halogenated alkanes) is 45. The lowest BCUT2D eigenvalue weighted by molar-refractivity contribution is -0.143. The largest absolute Gasteiger partial charge is 0.466 e. The monoisotopic (exact) mass is 1000 g/mol. The molecule has 0 aliphatic heterocycles. The number of carbonyl (C=O) groups excluding carboxylic acids is 2. The van der Waals surface area contributed by atoms with Gasteiger partial charge in [-0.2, -0.15) is 0 Å². The molecule has 0 heterocycles. The predicted molar refractivity (Wildman–Crippen MR) is 310 cm³/mol. The molecule has 0 bridgehead atoms.